The molecule has 1 radical (unpaired) electrons. The van der Waals surface area contributed by atoms with E-state index in [9.17, 15) is 0 Å². The number of rotatable bonds is 1. The first-order chi connectivity index (χ1) is 4.41. The standard InChI is InChI=1S/C9H11/c1-3-5-7-9-8-6-4-2/h9H,3,8H2,1-2H3. The van der Waals surface area contributed by atoms with Crippen LogP contribution in [0.2, 0.25) is 0 Å². The van der Waals surface area contributed by atoms with E-state index in [0.717, 1.165) is 12.8 Å². The Hall–Kier alpha value is -0.880. The summed E-state index contributed by atoms with van der Waals surface area (Å²) in [6, 6.07) is 0. The molecule has 47 valence electrons. The predicted octanol–water partition coefficient (Wildman–Crippen LogP) is 2.02. The second kappa shape index (κ2) is 7.12. The fourth-order valence-electron chi connectivity index (χ4n) is 0.378. The van der Waals surface area contributed by atoms with Crippen LogP contribution in [-0.2, 0) is 0 Å². The van der Waals surface area contributed by atoms with Crippen LogP contribution in [0.25, 0.3) is 0 Å². The van der Waals surface area contributed by atoms with Crippen molar-refractivity contribution in [2.75, 3.05) is 0 Å². The van der Waals surface area contributed by atoms with Gasteiger partial charge in [-0.1, -0.05) is 12.8 Å². The molecule has 0 N–H and O–H groups in total. The lowest BCUT2D eigenvalue weighted by Gasteiger charge is -1.75. The summed E-state index contributed by atoms with van der Waals surface area (Å²) in [7, 11) is 0. The van der Waals surface area contributed by atoms with Crippen molar-refractivity contribution in [2.24, 2.45) is 0 Å². The maximum absolute atomic E-state index is 2.93. The minimum Gasteiger partial charge on any atom is -0.107 e. The van der Waals surface area contributed by atoms with Gasteiger partial charge in [-0.2, -0.15) is 0 Å². The molecular weight excluding hydrogens is 108 g/mol. The average Bonchev–Trinajstić information content (AvgIpc) is 1.89. The molecule has 0 aromatic heterocycles. The highest BCUT2D eigenvalue weighted by Crippen LogP contribution is 1.80. The molecule has 0 atom stereocenters. The van der Waals surface area contributed by atoms with E-state index in [0.29, 0.717) is 0 Å². The van der Waals surface area contributed by atoms with E-state index >= 15 is 0 Å². The van der Waals surface area contributed by atoms with Crippen LogP contribution in [0, 0.1) is 30.1 Å². The van der Waals surface area contributed by atoms with Crippen LogP contribution in [0.3, 0.4) is 0 Å². The number of unbranched alkanes of at least 4 members (excludes halogenated alkanes) is 1. The summed E-state index contributed by atoms with van der Waals surface area (Å²) in [6.07, 6.45) is 3.61. The van der Waals surface area contributed by atoms with E-state index in [4.69, 9.17) is 0 Å². The van der Waals surface area contributed by atoms with Gasteiger partial charge >= 0.3 is 0 Å². The lowest BCUT2D eigenvalue weighted by molar-refractivity contribution is 1.27. The lowest BCUT2D eigenvalue weighted by atomic mass is 10.3. The van der Waals surface area contributed by atoms with E-state index in [1.54, 1.807) is 0 Å². The molecule has 9 heavy (non-hydrogen) atoms. The zero-order valence-electron chi connectivity index (χ0n) is 5.99. The predicted molar refractivity (Wildman–Crippen MR) is 40.4 cm³/mol. The topological polar surface area (TPSA) is 0 Å². The van der Waals surface area contributed by atoms with Gasteiger partial charge in [0.15, 0.2) is 0 Å². The molecule has 0 unspecified atom stereocenters. The van der Waals surface area contributed by atoms with E-state index in [1.165, 1.54) is 0 Å². The maximum atomic E-state index is 2.93. The van der Waals surface area contributed by atoms with Crippen molar-refractivity contribution in [2.45, 2.75) is 26.7 Å². The van der Waals surface area contributed by atoms with Crippen LogP contribution in [0.15, 0.2) is 0 Å². The first-order valence-corrected chi connectivity index (χ1v) is 3.11. The first kappa shape index (κ1) is 8.12. The van der Waals surface area contributed by atoms with Crippen molar-refractivity contribution in [3.8, 4) is 23.7 Å². The Kier molecular flexibility index (Phi) is 6.42. The smallest absolute Gasteiger partial charge is 0.0459 e. The molecule has 0 saturated heterocycles. The van der Waals surface area contributed by atoms with Gasteiger partial charge in [-0.3, -0.25) is 0 Å². The van der Waals surface area contributed by atoms with E-state index in [2.05, 4.69) is 23.7 Å². The highest BCUT2D eigenvalue weighted by atomic mass is 13.7. The van der Waals surface area contributed by atoms with Crippen LogP contribution < -0.4 is 0 Å². The van der Waals surface area contributed by atoms with Crippen molar-refractivity contribution in [3.05, 3.63) is 6.42 Å². The highest BCUT2D eigenvalue weighted by molar-refractivity contribution is 5.14. The van der Waals surface area contributed by atoms with Gasteiger partial charge in [-0.25, -0.2) is 0 Å². The van der Waals surface area contributed by atoms with Gasteiger partial charge in [-0.15, -0.1) is 17.8 Å². The Balaban J connectivity index is 3.15. The third-order valence-corrected chi connectivity index (χ3v) is 0.762. The van der Waals surface area contributed by atoms with Crippen LogP contribution in [0.1, 0.15) is 26.7 Å². The molecule has 0 rings (SSSR count). The summed E-state index contributed by atoms with van der Waals surface area (Å²) in [4.78, 5) is 0. The maximum Gasteiger partial charge on any atom is 0.0459 e. The van der Waals surface area contributed by atoms with Crippen LogP contribution >= 0.6 is 0 Å². The molecule has 0 saturated carbocycles. The zero-order chi connectivity index (χ0) is 6.95. The highest BCUT2D eigenvalue weighted by Gasteiger charge is 1.71. The van der Waals surface area contributed by atoms with Gasteiger partial charge in [0.1, 0.15) is 0 Å². The van der Waals surface area contributed by atoms with Crippen molar-refractivity contribution < 1.29 is 0 Å². The monoisotopic (exact) mass is 119 g/mol. The molecule has 0 amide bonds. The van der Waals surface area contributed by atoms with Crippen LogP contribution in [0.5, 0.6) is 0 Å². The molecule has 0 spiro atoms. The Labute approximate surface area is 57.7 Å². The van der Waals surface area contributed by atoms with Crippen LogP contribution in [-0.4, -0.2) is 0 Å². The molecule has 0 bridgehead atoms. The Morgan fingerprint density at radius 3 is 2.67 bits per heavy atom. The van der Waals surface area contributed by atoms with Crippen LogP contribution in [0.4, 0.5) is 0 Å². The lowest BCUT2D eigenvalue weighted by Crippen LogP contribution is -1.65. The number of hydrogen-bond donors (Lipinski definition) is 0. The molecule has 0 fully saturated rings. The summed E-state index contributed by atoms with van der Waals surface area (Å²) >= 11 is 0. The van der Waals surface area contributed by atoms with Crippen molar-refractivity contribution in [1.29, 1.82) is 0 Å². The second-order valence-electron chi connectivity index (χ2n) is 1.51. The zero-order valence-corrected chi connectivity index (χ0v) is 5.99. The Morgan fingerprint density at radius 1 is 1.33 bits per heavy atom. The summed E-state index contributed by atoms with van der Waals surface area (Å²) in [6.45, 7) is 3.87. The van der Waals surface area contributed by atoms with Gasteiger partial charge in [0.05, 0.1) is 0 Å². The SMILES string of the molecule is CC#CC[CH]C#CCC. The second-order valence-corrected chi connectivity index (χ2v) is 1.51. The van der Waals surface area contributed by atoms with E-state index < -0.39 is 0 Å². The fourth-order valence-corrected chi connectivity index (χ4v) is 0.378. The molecule has 0 aliphatic carbocycles. The minimum atomic E-state index is 0.795. The summed E-state index contributed by atoms with van der Waals surface area (Å²) in [5, 5.41) is 0. The third-order valence-electron chi connectivity index (χ3n) is 0.762. The normalized spacial score (nSPS) is 6.44. The molecule has 0 aliphatic heterocycles. The molecule has 0 nitrogen and oxygen atoms in total. The van der Waals surface area contributed by atoms with E-state index in [1.807, 2.05) is 20.3 Å². The number of hydrogen-bond acceptors (Lipinski definition) is 0. The molecular formula is C9H11. The summed E-state index contributed by atoms with van der Waals surface area (Å²) in [5.74, 6) is 11.5. The molecule has 0 aromatic carbocycles. The molecule has 0 aromatic rings. The van der Waals surface area contributed by atoms with E-state index in [-0.39, 0.29) is 0 Å². The Morgan fingerprint density at radius 2 is 2.11 bits per heavy atom. The van der Waals surface area contributed by atoms with Gasteiger partial charge in [0.2, 0.25) is 0 Å². The van der Waals surface area contributed by atoms with Gasteiger partial charge < -0.3 is 0 Å². The van der Waals surface area contributed by atoms with Gasteiger partial charge in [0.25, 0.3) is 0 Å². The van der Waals surface area contributed by atoms with Gasteiger partial charge in [0, 0.05) is 19.3 Å². The summed E-state index contributed by atoms with van der Waals surface area (Å²) in [5.41, 5.74) is 0. The van der Waals surface area contributed by atoms with Crippen molar-refractivity contribution in [1.82, 2.24) is 0 Å². The Bertz CT molecular complexity index is 156. The molecule has 0 heteroatoms. The quantitative estimate of drug-likeness (QED) is 0.366. The molecule has 0 heterocycles. The first-order valence-electron chi connectivity index (χ1n) is 3.11. The van der Waals surface area contributed by atoms with Crippen molar-refractivity contribution >= 4 is 0 Å². The van der Waals surface area contributed by atoms with Crippen molar-refractivity contribution in [3.63, 3.8) is 0 Å². The van der Waals surface area contributed by atoms with Gasteiger partial charge in [-0.05, 0) is 6.92 Å². The minimum absolute atomic E-state index is 0.795. The molecule has 0 aliphatic rings. The fraction of sp³-hybridized carbons (Fsp3) is 0.444. The largest absolute Gasteiger partial charge is 0.107 e. The third kappa shape index (κ3) is 7.12. The average molecular weight is 119 g/mol. The summed E-state index contributed by atoms with van der Waals surface area (Å²) < 4.78 is 0.